The number of hydrogen-bond donors (Lipinski definition) is 0. The van der Waals surface area contributed by atoms with Gasteiger partial charge in [0.05, 0.1) is 52.9 Å². The van der Waals surface area contributed by atoms with E-state index in [4.69, 9.17) is 28.0 Å². The molecular formula is C11H25O7P. The lowest BCUT2D eigenvalue weighted by Gasteiger charge is -2.14. The molecule has 0 aromatic carbocycles. The van der Waals surface area contributed by atoms with E-state index in [-0.39, 0.29) is 13.2 Å². The molecule has 0 saturated heterocycles. The van der Waals surface area contributed by atoms with E-state index in [1.165, 1.54) is 6.66 Å². The van der Waals surface area contributed by atoms with E-state index in [9.17, 15) is 4.57 Å². The molecule has 7 nitrogen and oxygen atoms in total. The molecule has 0 N–H and O–H groups in total. The van der Waals surface area contributed by atoms with Crippen molar-refractivity contribution in [2.45, 2.75) is 0 Å². The summed E-state index contributed by atoms with van der Waals surface area (Å²) in [4.78, 5) is 0. The Morgan fingerprint density at radius 1 is 0.684 bits per heavy atom. The molecule has 116 valence electrons. The number of ether oxygens (including phenoxy) is 4. The fourth-order valence-corrected chi connectivity index (χ4v) is 1.94. The van der Waals surface area contributed by atoms with Crippen LogP contribution in [0.4, 0.5) is 0 Å². The third-order valence-corrected chi connectivity index (χ3v) is 3.27. The highest BCUT2D eigenvalue weighted by Gasteiger charge is 2.16. The third-order valence-electron chi connectivity index (χ3n) is 1.97. The normalized spacial score (nSPS) is 11.9. The standard InChI is InChI=1S/C11H25O7P/c1-13-4-6-15-8-10-17-19(3,12)18-11-9-16-7-5-14-2/h4-11H2,1-3H3. The van der Waals surface area contributed by atoms with Crippen molar-refractivity contribution < 1.29 is 32.6 Å². The maximum absolute atomic E-state index is 11.8. The molecule has 0 spiro atoms. The summed E-state index contributed by atoms with van der Waals surface area (Å²) in [6.45, 7) is 4.62. The first-order valence-corrected chi connectivity index (χ1v) is 8.11. The van der Waals surface area contributed by atoms with Gasteiger partial charge in [-0.3, -0.25) is 4.57 Å². The Bertz CT molecular complexity index is 217. The molecule has 0 heterocycles. The molecular weight excluding hydrogens is 275 g/mol. The predicted octanol–water partition coefficient (Wildman–Crippen LogP) is 1.17. The first-order chi connectivity index (χ1) is 9.12. The van der Waals surface area contributed by atoms with Crippen LogP contribution in [0.5, 0.6) is 0 Å². The minimum atomic E-state index is -3.03. The molecule has 19 heavy (non-hydrogen) atoms. The Morgan fingerprint density at radius 2 is 1.05 bits per heavy atom. The van der Waals surface area contributed by atoms with Crippen LogP contribution in [-0.4, -0.2) is 73.7 Å². The summed E-state index contributed by atoms with van der Waals surface area (Å²) in [6, 6.07) is 0. The Morgan fingerprint density at radius 3 is 1.42 bits per heavy atom. The number of hydrogen-bond acceptors (Lipinski definition) is 7. The molecule has 0 aliphatic heterocycles. The maximum Gasteiger partial charge on any atom is 0.327 e. The summed E-state index contributed by atoms with van der Waals surface area (Å²) in [5.74, 6) is 0. The Balaban J connectivity index is 3.39. The van der Waals surface area contributed by atoms with Gasteiger partial charge in [0.15, 0.2) is 0 Å². The van der Waals surface area contributed by atoms with Crippen LogP contribution >= 0.6 is 7.60 Å². The van der Waals surface area contributed by atoms with Crippen LogP contribution < -0.4 is 0 Å². The second-order valence-electron chi connectivity index (χ2n) is 3.65. The Kier molecular flexibility index (Phi) is 13.0. The smallest absolute Gasteiger partial charge is 0.327 e. The van der Waals surface area contributed by atoms with E-state index < -0.39 is 7.60 Å². The fraction of sp³-hybridized carbons (Fsp3) is 1.00. The van der Waals surface area contributed by atoms with Gasteiger partial charge in [0, 0.05) is 20.9 Å². The minimum Gasteiger partial charge on any atom is -0.382 e. The Labute approximate surface area is 115 Å². The van der Waals surface area contributed by atoms with Crippen LogP contribution in [0.15, 0.2) is 0 Å². The zero-order valence-electron chi connectivity index (χ0n) is 12.0. The van der Waals surface area contributed by atoms with Gasteiger partial charge in [-0.2, -0.15) is 0 Å². The van der Waals surface area contributed by atoms with E-state index in [0.29, 0.717) is 39.6 Å². The molecule has 0 aromatic rings. The van der Waals surface area contributed by atoms with Gasteiger partial charge in [-0.15, -0.1) is 0 Å². The summed E-state index contributed by atoms with van der Waals surface area (Å²) in [7, 11) is 0.174. The lowest BCUT2D eigenvalue weighted by atomic mass is 10.7. The summed E-state index contributed by atoms with van der Waals surface area (Å²) in [5, 5.41) is 0. The molecule has 0 bridgehead atoms. The van der Waals surface area contributed by atoms with Gasteiger partial charge in [0.2, 0.25) is 0 Å². The summed E-state index contributed by atoms with van der Waals surface area (Å²) in [6.07, 6.45) is 0. The molecule has 0 aliphatic carbocycles. The quantitative estimate of drug-likeness (QED) is 0.352. The highest BCUT2D eigenvalue weighted by molar-refractivity contribution is 7.52. The van der Waals surface area contributed by atoms with Crippen molar-refractivity contribution in [2.75, 3.05) is 73.7 Å². The SMILES string of the molecule is COCCOCCOP(C)(=O)OCCOCCOC. The van der Waals surface area contributed by atoms with Crippen molar-refractivity contribution in [1.29, 1.82) is 0 Å². The van der Waals surface area contributed by atoms with Gasteiger partial charge in [-0.05, 0) is 0 Å². The second-order valence-corrected chi connectivity index (χ2v) is 5.71. The van der Waals surface area contributed by atoms with Gasteiger partial charge in [0.1, 0.15) is 0 Å². The highest BCUT2D eigenvalue weighted by Crippen LogP contribution is 2.43. The van der Waals surface area contributed by atoms with Crippen molar-refractivity contribution in [3.05, 3.63) is 0 Å². The monoisotopic (exact) mass is 300 g/mol. The van der Waals surface area contributed by atoms with Gasteiger partial charge < -0.3 is 28.0 Å². The summed E-state index contributed by atoms with van der Waals surface area (Å²) < 4.78 is 42.0. The zero-order chi connectivity index (χ0) is 14.4. The van der Waals surface area contributed by atoms with Crippen LogP contribution in [0.3, 0.4) is 0 Å². The molecule has 8 heteroatoms. The van der Waals surface area contributed by atoms with E-state index >= 15 is 0 Å². The summed E-state index contributed by atoms with van der Waals surface area (Å²) >= 11 is 0. The molecule has 0 atom stereocenters. The third kappa shape index (κ3) is 14.2. The number of rotatable bonds is 14. The van der Waals surface area contributed by atoms with Crippen LogP contribution in [0.2, 0.25) is 0 Å². The molecule has 0 rings (SSSR count). The molecule has 0 radical (unpaired) electrons. The molecule has 0 aromatic heterocycles. The predicted molar refractivity (Wildman–Crippen MR) is 70.8 cm³/mol. The Hall–Kier alpha value is -0.0100. The average molecular weight is 300 g/mol. The minimum absolute atomic E-state index is 0.224. The van der Waals surface area contributed by atoms with Crippen molar-refractivity contribution in [1.82, 2.24) is 0 Å². The van der Waals surface area contributed by atoms with E-state index in [1.54, 1.807) is 14.2 Å². The molecule has 0 unspecified atom stereocenters. The van der Waals surface area contributed by atoms with Crippen molar-refractivity contribution >= 4 is 7.60 Å². The van der Waals surface area contributed by atoms with E-state index in [0.717, 1.165) is 0 Å². The zero-order valence-corrected chi connectivity index (χ0v) is 12.9. The first-order valence-electron chi connectivity index (χ1n) is 6.12. The highest BCUT2D eigenvalue weighted by atomic mass is 31.2. The number of methoxy groups -OCH3 is 2. The largest absolute Gasteiger partial charge is 0.382 e. The van der Waals surface area contributed by atoms with E-state index in [2.05, 4.69) is 0 Å². The van der Waals surface area contributed by atoms with Crippen LogP contribution in [0, 0.1) is 0 Å². The van der Waals surface area contributed by atoms with Gasteiger partial charge in [-0.1, -0.05) is 0 Å². The molecule has 0 aliphatic rings. The van der Waals surface area contributed by atoms with Gasteiger partial charge >= 0.3 is 7.60 Å². The van der Waals surface area contributed by atoms with Crippen molar-refractivity contribution in [2.24, 2.45) is 0 Å². The van der Waals surface area contributed by atoms with Gasteiger partial charge in [0.25, 0.3) is 0 Å². The van der Waals surface area contributed by atoms with Crippen LogP contribution in [0.25, 0.3) is 0 Å². The van der Waals surface area contributed by atoms with Crippen molar-refractivity contribution in [3.63, 3.8) is 0 Å². The molecule has 0 fully saturated rings. The average Bonchev–Trinajstić information content (AvgIpc) is 2.38. The lowest BCUT2D eigenvalue weighted by Crippen LogP contribution is -2.10. The van der Waals surface area contributed by atoms with E-state index in [1.807, 2.05) is 0 Å². The molecule has 0 amide bonds. The van der Waals surface area contributed by atoms with Crippen LogP contribution in [-0.2, 0) is 32.6 Å². The molecule has 0 saturated carbocycles. The maximum atomic E-state index is 11.8. The summed E-state index contributed by atoms with van der Waals surface area (Å²) in [5.41, 5.74) is 0. The fourth-order valence-electron chi connectivity index (χ4n) is 1.05. The van der Waals surface area contributed by atoms with Gasteiger partial charge in [-0.25, -0.2) is 0 Å². The van der Waals surface area contributed by atoms with Crippen LogP contribution in [0.1, 0.15) is 0 Å². The van der Waals surface area contributed by atoms with Crippen molar-refractivity contribution in [3.8, 4) is 0 Å². The second kappa shape index (κ2) is 13.0. The first kappa shape index (κ1) is 19.0. The topological polar surface area (TPSA) is 72.5 Å². The lowest BCUT2D eigenvalue weighted by molar-refractivity contribution is 0.0412.